The molecule has 0 rings (SSSR count). The van der Waals surface area contributed by atoms with Gasteiger partial charge in [0.25, 0.3) is 0 Å². The number of halogens is 1. The molecule has 60 valence electrons. The molecular formula is C7H13ClO2. The van der Waals surface area contributed by atoms with E-state index in [2.05, 4.69) is 0 Å². The fourth-order valence-corrected chi connectivity index (χ4v) is 0.841. The maximum atomic E-state index is 10.4. The monoisotopic (exact) mass is 164 g/mol. The first-order valence-corrected chi connectivity index (χ1v) is 3.77. The van der Waals surface area contributed by atoms with Gasteiger partial charge in [0.05, 0.1) is 5.92 Å². The van der Waals surface area contributed by atoms with Gasteiger partial charge in [-0.3, -0.25) is 4.79 Å². The van der Waals surface area contributed by atoms with Crippen molar-refractivity contribution in [3.63, 3.8) is 0 Å². The lowest BCUT2D eigenvalue weighted by Crippen LogP contribution is -2.23. The van der Waals surface area contributed by atoms with Crippen molar-refractivity contribution in [1.29, 1.82) is 0 Å². The van der Waals surface area contributed by atoms with Crippen molar-refractivity contribution < 1.29 is 9.90 Å². The summed E-state index contributed by atoms with van der Waals surface area (Å²) >= 11 is 5.70. The van der Waals surface area contributed by atoms with E-state index in [1.54, 1.807) is 6.92 Å². The first kappa shape index (κ1) is 9.76. The Balaban J connectivity index is 3.94. The largest absolute Gasteiger partial charge is 0.481 e. The topological polar surface area (TPSA) is 37.3 Å². The normalized spacial score (nSPS) is 19.6. The highest BCUT2D eigenvalue weighted by Gasteiger charge is 2.22. The molecule has 0 bridgehead atoms. The summed E-state index contributed by atoms with van der Waals surface area (Å²) in [5.41, 5.74) is 0. The Morgan fingerprint density at radius 2 is 1.80 bits per heavy atom. The number of carboxylic acid groups (broad SMARTS) is 1. The van der Waals surface area contributed by atoms with Crippen LogP contribution in [-0.4, -0.2) is 16.5 Å². The van der Waals surface area contributed by atoms with Gasteiger partial charge in [-0.1, -0.05) is 13.8 Å². The van der Waals surface area contributed by atoms with Crippen LogP contribution in [0.3, 0.4) is 0 Å². The fourth-order valence-electron chi connectivity index (χ4n) is 0.623. The van der Waals surface area contributed by atoms with Crippen LogP contribution in [0.25, 0.3) is 0 Å². The molecule has 0 aromatic carbocycles. The molecule has 0 saturated carbocycles. The van der Waals surface area contributed by atoms with Crippen molar-refractivity contribution in [3.05, 3.63) is 0 Å². The van der Waals surface area contributed by atoms with E-state index in [0.29, 0.717) is 0 Å². The minimum absolute atomic E-state index is 0.0270. The molecule has 0 spiro atoms. The lowest BCUT2D eigenvalue weighted by molar-refractivity contribution is -0.142. The maximum Gasteiger partial charge on any atom is 0.306 e. The van der Waals surface area contributed by atoms with E-state index in [4.69, 9.17) is 16.7 Å². The summed E-state index contributed by atoms with van der Waals surface area (Å²) in [6.45, 7) is 5.33. The predicted molar refractivity (Wildman–Crippen MR) is 41.3 cm³/mol. The summed E-state index contributed by atoms with van der Waals surface area (Å²) < 4.78 is 0. The van der Waals surface area contributed by atoms with Crippen LogP contribution >= 0.6 is 11.6 Å². The summed E-state index contributed by atoms with van der Waals surface area (Å²) in [7, 11) is 0. The fraction of sp³-hybridized carbons (Fsp3) is 0.857. The lowest BCUT2D eigenvalue weighted by Gasteiger charge is -2.17. The van der Waals surface area contributed by atoms with E-state index in [1.165, 1.54) is 0 Å². The van der Waals surface area contributed by atoms with Gasteiger partial charge in [-0.2, -0.15) is 0 Å². The predicted octanol–water partition coefficient (Wildman–Crippen LogP) is 1.97. The van der Waals surface area contributed by atoms with Crippen molar-refractivity contribution in [2.24, 2.45) is 11.8 Å². The Bertz CT molecular complexity index is 123. The number of hydrogen-bond donors (Lipinski definition) is 1. The van der Waals surface area contributed by atoms with Gasteiger partial charge in [-0.25, -0.2) is 0 Å². The Morgan fingerprint density at radius 3 is 1.90 bits per heavy atom. The van der Waals surface area contributed by atoms with Crippen molar-refractivity contribution in [3.8, 4) is 0 Å². The van der Waals surface area contributed by atoms with Crippen molar-refractivity contribution in [2.45, 2.75) is 26.1 Å². The third kappa shape index (κ3) is 2.56. The number of carboxylic acids is 1. The van der Waals surface area contributed by atoms with Gasteiger partial charge in [-0.15, -0.1) is 11.6 Å². The molecule has 3 atom stereocenters. The van der Waals surface area contributed by atoms with Crippen LogP contribution < -0.4 is 0 Å². The quantitative estimate of drug-likeness (QED) is 0.648. The molecule has 0 heterocycles. The SMILES string of the molecule is CC(Cl)C(C)C(C)C(=O)O. The molecule has 1 N–H and O–H groups in total. The van der Waals surface area contributed by atoms with Gasteiger partial charge in [0.15, 0.2) is 0 Å². The van der Waals surface area contributed by atoms with Crippen molar-refractivity contribution in [1.82, 2.24) is 0 Å². The molecule has 2 nitrogen and oxygen atoms in total. The minimum atomic E-state index is -0.778. The van der Waals surface area contributed by atoms with Crippen LogP contribution in [0.1, 0.15) is 20.8 Å². The van der Waals surface area contributed by atoms with Crippen LogP contribution in [0.4, 0.5) is 0 Å². The molecule has 3 unspecified atom stereocenters. The number of aliphatic carboxylic acids is 1. The molecule has 0 amide bonds. The third-order valence-corrected chi connectivity index (χ3v) is 2.30. The number of rotatable bonds is 3. The highest BCUT2D eigenvalue weighted by Crippen LogP contribution is 2.19. The van der Waals surface area contributed by atoms with Crippen LogP contribution in [0, 0.1) is 11.8 Å². The maximum absolute atomic E-state index is 10.4. The molecule has 0 aliphatic carbocycles. The molecule has 0 fully saturated rings. The zero-order chi connectivity index (χ0) is 8.31. The van der Waals surface area contributed by atoms with Gasteiger partial charge in [0, 0.05) is 5.38 Å². The zero-order valence-corrected chi connectivity index (χ0v) is 7.22. The van der Waals surface area contributed by atoms with E-state index in [1.807, 2.05) is 13.8 Å². The van der Waals surface area contributed by atoms with E-state index in [0.717, 1.165) is 0 Å². The van der Waals surface area contributed by atoms with Gasteiger partial charge in [0.1, 0.15) is 0 Å². The molecule has 0 aromatic rings. The van der Waals surface area contributed by atoms with Gasteiger partial charge in [-0.05, 0) is 12.8 Å². The van der Waals surface area contributed by atoms with Gasteiger partial charge >= 0.3 is 5.97 Å². The zero-order valence-electron chi connectivity index (χ0n) is 6.47. The van der Waals surface area contributed by atoms with Gasteiger partial charge < -0.3 is 5.11 Å². The lowest BCUT2D eigenvalue weighted by atomic mass is 9.94. The van der Waals surface area contributed by atoms with Crippen LogP contribution in [0.15, 0.2) is 0 Å². The second-order valence-corrected chi connectivity index (χ2v) is 3.35. The van der Waals surface area contributed by atoms with E-state index < -0.39 is 5.97 Å². The van der Waals surface area contributed by atoms with Gasteiger partial charge in [0.2, 0.25) is 0 Å². The second-order valence-electron chi connectivity index (χ2n) is 2.66. The average Bonchev–Trinajstić information content (AvgIpc) is 1.84. The van der Waals surface area contributed by atoms with Crippen LogP contribution in [0.5, 0.6) is 0 Å². The van der Waals surface area contributed by atoms with E-state index >= 15 is 0 Å². The molecule has 0 aliphatic heterocycles. The number of carbonyl (C=O) groups is 1. The first-order chi connectivity index (χ1) is 4.46. The molecule has 10 heavy (non-hydrogen) atoms. The molecular weight excluding hydrogens is 152 g/mol. The summed E-state index contributed by atoms with van der Waals surface area (Å²) in [5, 5.41) is 8.46. The molecule has 0 aromatic heterocycles. The molecule has 0 aliphatic rings. The number of alkyl halides is 1. The minimum Gasteiger partial charge on any atom is -0.481 e. The summed E-state index contributed by atoms with van der Waals surface area (Å²) in [5.74, 6) is -1.10. The Kier molecular flexibility index (Phi) is 3.72. The Labute approximate surface area is 66.2 Å². The van der Waals surface area contributed by atoms with E-state index in [9.17, 15) is 4.79 Å². The third-order valence-electron chi connectivity index (χ3n) is 1.90. The Hall–Kier alpha value is -0.240. The van der Waals surface area contributed by atoms with Crippen LogP contribution in [-0.2, 0) is 4.79 Å². The first-order valence-electron chi connectivity index (χ1n) is 3.33. The second kappa shape index (κ2) is 3.81. The summed E-state index contributed by atoms with van der Waals surface area (Å²) in [6, 6.07) is 0. The summed E-state index contributed by atoms with van der Waals surface area (Å²) in [4.78, 5) is 10.4. The standard InChI is InChI=1S/C7H13ClO2/c1-4(6(3)8)5(2)7(9)10/h4-6H,1-3H3,(H,9,10). The van der Waals surface area contributed by atoms with Crippen molar-refractivity contribution >= 4 is 17.6 Å². The molecule has 0 radical (unpaired) electrons. The molecule has 0 saturated heterocycles. The van der Waals surface area contributed by atoms with Crippen LogP contribution in [0.2, 0.25) is 0 Å². The number of hydrogen-bond acceptors (Lipinski definition) is 1. The summed E-state index contributed by atoms with van der Waals surface area (Å²) in [6.07, 6.45) is 0. The highest BCUT2D eigenvalue weighted by molar-refractivity contribution is 6.20. The smallest absolute Gasteiger partial charge is 0.306 e. The average molecular weight is 165 g/mol. The molecule has 3 heteroatoms. The van der Waals surface area contributed by atoms with E-state index in [-0.39, 0.29) is 17.2 Å². The Morgan fingerprint density at radius 1 is 1.40 bits per heavy atom. The van der Waals surface area contributed by atoms with Crippen molar-refractivity contribution in [2.75, 3.05) is 0 Å². The highest BCUT2D eigenvalue weighted by atomic mass is 35.5.